The number of H-pyrrole nitrogens is 1. The molecule has 0 aromatic carbocycles. The average Bonchev–Trinajstić information content (AvgIpc) is 2.71. The van der Waals surface area contributed by atoms with Gasteiger partial charge in [-0.3, -0.25) is 0 Å². The fraction of sp³-hybridized carbons (Fsp3) is 0.250. The molecule has 0 amide bonds. The van der Waals surface area contributed by atoms with Crippen molar-refractivity contribution in [1.29, 1.82) is 0 Å². The first kappa shape index (κ1) is 7.85. The zero-order chi connectivity index (χ0) is 9.26. The second kappa shape index (κ2) is 2.93. The Morgan fingerprint density at radius 3 is 3.00 bits per heavy atom. The Kier molecular flexibility index (Phi) is 1.77. The first-order valence-corrected chi connectivity index (χ1v) is 4.12. The second-order valence-corrected chi connectivity index (χ2v) is 2.75. The molecule has 3 N–H and O–H groups in total. The summed E-state index contributed by atoms with van der Waals surface area (Å²) >= 11 is 0. The van der Waals surface area contributed by atoms with Gasteiger partial charge in [0, 0.05) is 6.54 Å². The molecule has 2 aromatic heterocycles. The van der Waals surface area contributed by atoms with Crippen LogP contribution in [0.1, 0.15) is 6.92 Å². The lowest BCUT2D eigenvalue weighted by atomic mass is 10.3. The lowest BCUT2D eigenvalue weighted by Crippen LogP contribution is -1.94. The van der Waals surface area contributed by atoms with Gasteiger partial charge in [0.25, 0.3) is 0 Å². The smallest absolute Gasteiger partial charge is 0.197 e. The van der Waals surface area contributed by atoms with Crippen molar-refractivity contribution >= 4 is 5.95 Å². The van der Waals surface area contributed by atoms with Gasteiger partial charge >= 0.3 is 0 Å². The van der Waals surface area contributed by atoms with Crippen molar-refractivity contribution in [3.63, 3.8) is 0 Å². The summed E-state index contributed by atoms with van der Waals surface area (Å²) in [6.45, 7) is 2.94. The number of imidazole rings is 2. The predicted octanol–water partition coefficient (Wildman–Crippen LogP) is 0.875. The maximum absolute atomic E-state index is 5.48. The summed E-state index contributed by atoms with van der Waals surface area (Å²) in [5.41, 5.74) is 7.39. The van der Waals surface area contributed by atoms with Gasteiger partial charge in [0.2, 0.25) is 0 Å². The third-order valence-corrected chi connectivity index (χ3v) is 1.92. The second-order valence-electron chi connectivity index (χ2n) is 2.75. The summed E-state index contributed by atoms with van der Waals surface area (Å²) < 4.78 is 2.02. The number of nitrogens with zero attached hydrogens (tertiary/aromatic N) is 3. The average molecular weight is 177 g/mol. The third-order valence-electron chi connectivity index (χ3n) is 1.92. The van der Waals surface area contributed by atoms with E-state index in [2.05, 4.69) is 21.9 Å². The molecule has 2 heterocycles. The fourth-order valence-corrected chi connectivity index (χ4v) is 1.26. The van der Waals surface area contributed by atoms with Crippen molar-refractivity contribution in [2.45, 2.75) is 13.5 Å². The Balaban J connectivity index is 2.45. The summed E-state index contributed by atoms with van der Waals surface area (Å²) in [7, 11) is 0. The van der Waals surface area contributed by atoms with Crippen LogP contribution in [0.25, 0.3) is 11.4 Å². The number of aromatic amines is 1. The minimum atomic E-state index is 0.429. The van der Waals surface area contributed by atoms with E-state index in [0.29, 0.717) is 5.95 Å². The number of hydrogen-bond acceptors (Lipinski definition) is 3. The van der Waals surface area contributed by atoms with Gasteiger partial charge in [0.05, 0.1) is 30.1 Å². The van der Waals surface area contributed by atoms with Crippen LogP contribution in [0.5, 0.6) is 0 Å². The van der Waals surface area contributed by atoms with E-state index in [4.69, 9.17) is 5.73 Å². The summed E-state index contributed by atoms with van der Waals surface area (Å²) in [5, 5.41) is 0. The third kappa shape index (κ3) is 1.28. The Hall–Kier alpha value is -1.78. The SMILES string of the molecule is CCn1cncc1-c1cnc(N)[nH]1. The highest BCUT2D eigenvalue weighted by Gasteiger charge is 2.05. The van der Waals surface area contributed by atoms with Crippen LogP contribution >= 0.6 is 0 Å². The zero-order valence-corrected chi connectivity index (χ0v) is 7.36. The molecule has 0 aliphatic carbocycles. The van der Waals surface area contributed by atoms with Gasteiger partial charge in [-0.05, 0) is 6.92 Å². The summed E-state index contributed by atoms with van der Waals surface area (Å²) in [5.74, 6) is 0.429. The molecule has 0 atom stereocenters. The van der Waals surface area contributed by atoms with Gasteiger partial charge in [0.15, 0.2) is 5.95 Å². The van der Waals surface area contributed by atoms with Crippen LogP contribution in [-0.4, -0.2) is 19.5 Å². The normalized spacial score (nSPS) is 10.5. The summed E-state index contributed by atoms with van der Waals surface area (Å²) in [6, 6.07) is 0. The van der Waals surface area contributed by atoms with Crippen LogP contribution < -0.4 is 5.73 Å². The zero-order valence-electron chi connectivity index (χ0n) is 7.36. The topological polar surface area (TPSA) is 72.5 Å². The number of nitrogen functional groups attached to an aromatic ring is 1. The van der Waals surface area contributed by atoms with Crippen LogP contribution in [0.15, 0.2) is 18.7 Å². The molecule has 0 unspecified atom stereocenters. The van der Waals surface area contributed by atoms with Gasteiger partial charge in [-0.15, -0.1) is 0 Å². The molecule has 2 rings (SSSR count). The Labute approximate surface area is 75.6 Å². The summed E-state index contributed by atoms with van der Waals surface area (Å²) in [6.07, 6.45) is 5.28. The molecule has 0 fully saturated rings. The molecular formula is C8H11N5. The largest absolute Gasteiger partial charge is 0.369 e. The van der Waals surface area contributed by atoms with Crippen molar-refractivity contribution in [3.8, 4) is 11.4 Å². The van der Waals surface area contributed by atoms with Crippen molar-refractivity contribution < 1.29 is 0 Å². The highest BCUT2D eigenvalue weighted by molar-refractivity contribution is 5.54. The molecule has 0 radical (unpaired) electrons. The number of anilines is 1. The van der Waals surface area contributed by atoms with E-state index in [-0.39, 0.29) is 0 Å². The van der Waals surface area contributed by atoms with Crippen LogP contribution in [0, 0.1) is 0 Å². The number of nitrogens with two attached hydrogens (primary N) is 1. The Morgan fingerprint density at radius 2 is 2.38 bits per heavy atom. The number of aromatic nitrogens is 4. The van der Waals surface area contributed by atoms with Crippen LogP contribution in [0.4, 0.5) is 5.95 Å². The predicted molar refractivity (Wildman–Crippen MR) is 49.9 cm³/mol. The number of hydrogen-bond donors (Lipinski definition) is 2. The standard InChI is InChI=1S/C8H11N5/c1-2-13-5-10-4-7(13)6-3-11-8(9)12-6/h3-5H,2H2,1H3,(H3,9,11,12). The molecule has 68 valence electrons. The van der Waals surface area contributed by atoms with Gasteiger partial charge in [-0.2, -0.15) is 0 Å². The Morgan fingerprint density at radius 1 is 1.54 bits per heavy atom. The molecule has 0 aliphatic rings. The van der Waals surface area contributed by atoms with E-state index in [0.717, 1.165) is 17.9 Å². The highest BCUT2D eigenvalue weighted by atomic mass is 15.1. The van der Waals surface area contributed by atoms with E-state index in [9.17, 15) is 0 Å². The summed E-state index contributed by atoms with van der Waals surface area (Å²) in [4.78, 5) is 10.9. The molecular weight excluding hydrogens is 166 g/mol. The molecule has 0 aliphatic heterocycles. The van der Waals surface area contributed by atoms with Gasteiger partial charge in [0.1, 0.15) is 0 Å². The Bertz CT molecular complexity index is 400. The van der Waals surface area contributed by atoms with E-state index in [1.54, 1.807) is 18.7 Å². The molecule has 5 heteroatoms. The maximum Gasteiger partial charge on any atom is 0.197 e. The lowest BCUT2D eigenvalue weighted by molar-refractivity contribution is 0.767. The van der Waals surface area contributed by atoms with Crippen molar-refractivity contribution in [2.75, 3.05) is 5.73 Å². The number of rotatable bonds is 2. The molecule has 0 bridgehead atoms. The molecule has 0 saturated carbocycles. The van der Waals surface area contributed by atoms with E-state index in [1.165, 1.54) is 0 Å². The minimum Gasteiger partial charge on any atom is -0.369 e. The van der Waals surface area contributed by atoms with E-state index in [1.807, 2.05) is 4.57 Å². The molecule has 2 aromatic rings. The maximum atomic E-state index is 5.48. The fourth-order valence-electron chi connectivity index (χ4n) is 1.26. The number of aryl methyl sites for hydroxylation is 1. The first-order chi connectivity index (χ1) is 6.31. The van der Waals surface area contributed by atoms with Gasteiger partial charge < -0.3 is 15.3 Å². The van der Waals surface area contributed by atoms with E-state index < -0.39 is 0 Å². The molecule has 0 spiro atoms. The minimum absolute atomic E-state index is 0.429. The monoisotopic (exact) mass is 177 g/mol. The molecule has 0 saturated heterocycles. The van der Waals surface area contributed by atoms with Gasteiger partial charge in [-0.25, -0.2) is 9.97 Å². The highest BCUT2D eigenvalue weighted by Crippen LogP contribution is 2.16. The lowest BCUT2D eigenvalue weighted by Gasteiger charge is -2.00. The van der Waals surface area contributed by atoms with Crippen LogP contribution in [0.2, 0.25) is 0 Å². The van der Waals surface area contributed by atoms with Crippen LogP contribution in [0.3, 0.4) is 0 Å². The van der Waals surface area contributed by atoms with E-state index >= 15 is 0 Å². The van der Waals surface area contributed by atoms with Crippen molar-refractivity contribution in [2.24, 2.45) is 0 Å². The van der Waals surface area contributed by atoms with Crippen molar-refractivity contribution in [1.82, 2.24) is 19.5 Å². The number of nitrogens with one attached hydrogen (secondary N) is 1. The quantitative estimate of drug-likeness (QED) is 0.715. The van der Waals surface area contributed by atoms with Gasteiger partial charge in [-0.1, -0.05) is 0 Å². The molecule has 13 heavy (non-hydrogen) atoms. The molecule has 5 nitrogen and oxygen atoms in total. The van der Waals surface area contributed by atoms with Crippen molar-refractivity contribution in [3.05, 3.63) is 18.7 Å². The first-order valence-electron chi connectivity index (χ1n) is 4.12. The van der Waals surface area contributed by atoms with Crippen LogP contribution in [-0.2, 0) is 6.54 Å².